The van der Waals surface area contributed by atoms with E-state index in [1.165, 1.54) is 5.56 Å². The van der Waals surface area contributed by atoms with Crippen LogP contribution < -0.4 is 4.74 Å². The Bertz CT molecular complexity index is 677. The summed E-state index contributed by atoms with van der Waals surface area (Å²) in [6.07, 6.45) is 7.65. The Kier molecular flexibility index (Phi) is 8.47. The minimum Gasteiger partial charge on any atom is -0.492 e. The summed E-state index contributed by atoms with van der Waals surface area (Å²) in [5, 5.41) is 0. The monoisotopic (exact) mass is 351 g/mol. The van der Waals surface area contributed by atoms with Crippen molar-refractivity contribution in [1.82, 2.24) is 4.90 Å². The van der Waals surface area contributed by atoms with Gasteiger partial charge in [0.05, 0.1) is 6.54 Å². The number of amides is 1. The first-order chi connectivity index (χ1) is 12.7. The summed E-state index contributed by atoms with van der Waals surface area (Å²) >= 11 is 0. The second-order valence-electron chi connectivity index (χ2n) is 6.43. The minimum atomic E-state index is 0.185. The lowest BCUT2D eigenvalue weighted by atomic mass is 10.1. The lowest BCUT2D eigenvalue weighted by molar-refractivity contribution is -0.130. The zero-order chi connectivity index (χ0) is 18.6. The number of carbonyl (C=O) groups excluding carboxylic acids is 1. The fraction of sp³-hybridized carbons (Fsp3) is 0.348. The predicted octanol–water partition coefficient (Wildman–Crippen LogP) is 4.97. The van der Waals surface area contributed by atoms with Crippen molar-refractivity contribution in [2.24, 2.45) is 0 Å². The number of ether oxygens (including phenoxy) is 1. The molecule has 0 fully saturated rings. The molecule has 0 radical (unpaired) electrons. The fourth-order valence-electron chi connectivity index (χ4n) is 2.73. The normalized spacial score (nSPS) is 10.8. The Labute approximate surface area is 157 Å². The van der Waals surface area contributed by atoms with Gasteiger partial charge >= 0.3 is 0 Å². The fourth-order valence-corrected chi connectivity index (χ4v) is 2.73. The quantitative estimate of drug-likeness (QED) is 0.566. The van der Waals surface area contributed by atoms with Gasteiger partial charge in [-0.3, -0.25) is 4.79 Å². The van der Waals surface area contributed by atoms with Crippen molar-refractivity contribution in [1.29, 1.82) is 0 Å². The highest BCUT2D eigenvalue weighted by atomic mass is 16.5. The van der Waals surface area contributed by atoms with Gasteiger partial charge in [0.1, 0.15) is 12.4 Å². The van der Waals surface area contributed by atoms with Crippen molar-refractivity contribution in [2.45, 2.75) is 32.6 Å². The zero-order valence-electron chi connectivity index (χ0n) is 15.9. The first-order valence-corrected chi connectivity index (χ1v) is 9.32. The second-order valence-corrected chi connectivity index (χ2v) is 6.43. The molecule has 138 valence electrons. The number of likely N-dealkylation sites (N-methyl/N-ethyl adjacent to an activating group) is 1. The minimum absolute atomic E-state index is 0.185. The molecule has 0 spiro atoms. The van der Waals surface area contributed by atoms with Crippen LogP contribution in [0.4, 0.5) is 0 Å². The number of rotatable bonds is 10. The lowest BCUT2D eigenvalue weighted by Gasteiger charge is -2.17. The van der Waals surface area contributed by atoms with Crippen LogP contribution in [0.3, 0.4) is 0 Å². The number of nitrogens with zero attached hydrogens (tertiary/aromatic N) is 1. The third-order valence-electron chi connectivity index (χ3n) is 4.31. The average Bonchev–Trinajstić information content (AvgIpc) is 2.67. The smallest absolute Gasteiger partial charge is 0.222 e. The summed E-state index contributed by atoms with van der Waals surface area (Å²) in [6, 6.07) is 18.4. The largest absolute Gasteiger partial charge is 0.492 e. The highest BCUT2D eigenvalue weighted by Crippen LogP contribution is 2.13. The molecule has 3 heteroatoms. The van der Waals surface area contributed by atoms with Gasteiger partial charge in [-0.15, -0.1) is 0 Å². The summed E-state index contributed by atoms with van der Waals surface area (Å²) in [7, 11) is 1.85. The van der Waals surface area contributed by atoms with Crippen molar-refractivity contribution < 1.29 is 9.53 Å². The molecule has 0 aliphatic rings. The molecule has 0 aliphatic carbocycles. The van der Waals surface area contributed by atoms with E-state index >= 15 is 0 Å². The van der Waals surface area contributed by atoms with Gasteiger partial charge in [0.15, 0.2) is 0 Å². The van der Waals surface area contributed by atoms with E-state index in [9.17, 15) is 4.79 Å². The SMILES string of the molecule is C/C=C/c1ccc(OCCN(C)C(=O)CCCCc2ccccc2)cc1. The van der Waals surface area contributed by atoms with Crippen LogP contribution in [0.2, 0.25) is 0 Å². The Morgan fingerprint density at radius 3 is 2.46 bits per heavy atom. The van der Waals surface area contributed by atoms with Crippen LogP contribution in [-0.4, -0.2) is 31.0 Å². The van der Waals surface area contributed by atoms with Crippen LogP contribution in [0.15, 0.2) is 60.7 Å². The average molecular weight is 351 g/mol. The number of unbranched alkanes of at least 4 members (excludes halogenated alkanes) is 1. The molecule has 1 amide bonds. The van der Waals surface area contributed by atoms with Gasteiger partial charge in [-0.1, -0.05) is 54.6 Å². The highest BCUT2D eigenvalue weighted by molar-refractivity contribution is 5.75. The van der Waals surface area contributed by atoms with Crippen LogP contribution in [0, 0.1) is 0 Å². The molecule has 0 atom stereocenters. The topological polar surface area (TPSA) is 29.5 Å². The predicted molar refractivity (Wildman–Crippen MR) is 108 cm³/mol. The van der Waals surface area contributed by atoms with Crippen LogP contribution in [0.5, 0.6) is 5.75 Å². The van der Waals surface area contributed by atoms with E-state index in [2.05, 4.69) is 24.3 Å². The van der Waals surface area contributed by atoms with Crippen molar-refractivity contribution in [2.75, 3.05) is 20.2 Å². The van der Waals surface area contributed by atoms with E-state index in [1.54, 1.807) is 4.90 Å². The molecular weight excluding hydrogens is 322 g/mol. The van der Waals surface area contributed by atoms with Crippen molar-refractivity contribution in [3.05, 3.63) is 71.8 Å². The number of aryl methyl sites for hydroxylation is 1. The maximum absolute atomic E-state index is 12.2. The molecule has 0 bridgehead atoms. The molecule has 0 unspecified atom stereocenters. The molecule has 0 heterocycles. The van der Waals surface area contributed by atoms with E-state index in [0.717, 1.165) is 30.6 Å². The second kappa shape index (κ2) is 11.1. The van der Waals surface area contributed by atoms with Crippen LogP contribution >= 0.6 is 0 Å². The third kappa shape index (κ3) is 7.14. The van der Waals surface area contributed by atoms with Gasteiger partial charge in [-0.05, 0) is 49.4 Å². The maximum atomic E-state index is 12.2. The number of carbonyl (C=O) groups is 1. The van der Waals surface area contributed by atoms with Gasteiger partial charge < -0.3 is 9.64 Å². The van der Waals surface area contributed by atoms with E-state index in [4.69, 9.17) is 4.74 Å². The first-order valence-electron chi connectivity index (χ1n) is 9.32. The molecule has 0 saturated heterocycles. The van der Waals surface area contributed by atoms with Crippen LogP contribution in [-0.2, 0) is 11.2 Å². The van der Waals surface area contributed by atoms with Gasteiger partial charge in [0.2, 0.25) is 5.91 Å². The third-order valence-corrected chi connectivity index (χ3v) is 4.31. The molecule has 0 aromatic heterocycles. The first kappa shape index (κ1) is 19.8. The molecule has 0 N–H and O–H groups in total. The maximum Gasteiger partial charge on any atom is 0.222 e. The van der Waals surface area contributed by atoms with Crippen LogP contribution in [0.25, 0.3) is 6.08 Å². The van der Waals surface area contributed by atoms with Crippen molar-refractivity contribution >= 4 is 12.0 Å². The lowest BCUT2D eigenvalue weighted by Crippen LogP contribution is -2.30. The Hall–Kier alpha value is -2.55. The number of benzene rings is 2. The van der Waals surface area contributed by atoms with Gasteiger partial charge in [0, 0.05) is 13.5 Å². The molecule has 3 nitrogen and oxygen atoms in total. The highest BCUT2D eigenvalue weighted by Gasteiger charge is 2.08. The Morgan fingerprint density at radius 2 is 1.77 bits per heavy atom. The standard InChI is InChI=1S/C23H29NO2/c1-3-9-20-14-16-22(17-15-20)26-19-18-24(2)23(25)13-8-7-12-21-10-5-4-6-11-21/h3-6,9-11,14-17H,7-8,12-13,18-19H2,1-2H3/b9-3+. The van der Waals surface area contributed by atoms with E-state index in [-0.39, 0.29) is 5.91 Å². The Morgan fingerprint density at radius 1 is 1.04 bits per heavy atom. The summed E-state index contributed by atoms with van der Waals surface area (Å²) in [4.78, 5) is 13.9. The van der Waals surface area contributed by atoms with Gasteiger partial charge in [-0.2, -0.15) is 0 Å². The van der Waals surface area contributed by atoms with E-state index < -0.39 is 0 Å². The van der Waals surface area contributed by atoms with E-state index in [1.807, 2.05) is 56.5 Å². The summed E-state index contributed by atoms with van der Waals surface area (Å²) in [6.45, 7) is 3.11. The van der Waals surface area contributed by atoms with Crippen molar-refractivity contribution in [3.63, 3.8) is 0 Å². The molecular formula is C23H29NO2. The molecule has 0 aliphatic heterocycles. The van der Waals surface area contributed by atoms with Gasteiger partial charge in [-0.25, -0.2) is 0 Å². The number of hydrogen-bond donors (Lipinski definition) is 0. The van der Waals surface area contributed by atoms with E-state index in [0.29, 0.717) is 19.6 Å². The summed E-state index contributed by atoms with van der Waals surface area (Å²) in [5.74, 6) is 1.02. The zero-order valence-corrected chi connectivity index (χ0v) is 15.9. The van der Waals surface area contributed by atoms with Gasteiger partial charge in [0.25, 0.3) is 0 Å². The molecule has 26 heavy (non-hydrogen) atoms. The van der Waals surface area contributed by atoms with Crippen LogP contribution in [0.1, 0.15) is 37.3 Å². The Balaban J connectivity index is 1.60. The van der Waals surface area contributed by atoms with Crippen molar-refractivity contribution in [3.8, 4) is 5.75 Å². The molecule has 2 aromatic rings. The molecule has 2 rings (SSSR count). The number of allylic oxidation sites excluding steroid dienone is 1. The molecule has 0 saturated carbocycles. The molecule has 2 aromatic carbocycles. The summed E-state index contributed by atoms with van der Waals surface area (Å²) < 4.78 is 5.73. The number of hydrogen-bond acceptors (Lipinski definition) is 2. The summed E-state index contributed by atoms with van der Waals surface area (Å²) in [5.41, 5.74) is 2.49.